The summed E-state index contributed by atoms with van der Waals surface area (Å²) in [5, 5.41) is 0.335. The number of thioether (sulfide) groups is 1. The summed E-state index contributed by atoms with van der Waals surface area (Å²) in [6, 6.07) is 12.2. The number of amides is 1. The van der Waals surface area contributed by atoms with E-state index in [-0.39, 0.29) is 12.5 Å². The van der Waals surface area contributed by atoms with Gasteiger partial charge in [0.05, 0.1) is 7.11 Å². The third-order valence-corrected chi connectivity index (χ3v) is 4.89. The highest BCUT2D eigenvalue weighted by molar-refractivity contribution is 7.99. The molecule has 2 aromatic rings. The zero-order valence-electron chi connectivity index (χ0n) is 13.6. The quantitative estimate of drug-likeness (QED) is 0.668. The van der Waals surface area contributed by atoms with Crippen LogP contribution in [0.25, 0.3) is 0 Å². The molecule has 6 heteroatoms. The van der Waals surface area contributed by atoms with Crippen LogP contribution in [0.5, 0.6) is 5.75 Å². The fourth-order valence-corrected chi connectivity index (χ4v) is 3.19. The second-order valence-corrected chi connectivity index (χ2v) is 6.80. The predicted molar refractivity (Wildman–Crippen MR) is 96.2 cm³/mol. The molecule has 2 aromatic carbocycles. The van der Waals surface area contributed by atoms with E-state index >= 15 is 0 Å². The average Bonchev–Trinajstić information content (AvgIpc) is 2.58. The molecule has 128 valence electrons. The van der Waals surface area contributed by atoms with Gasteiger partial charge in [-0.15, -0.1) is 11.8 Å². The predicted octanol–water partition coefficient (Wildman–Crippen LogP) is 4.63. The number of halogens is 2. The van der Waals surface area contributed by atoms with E-state index in [9.17, 15) is 9.18 Å². The topological polar surface area (TPSA) is 29.5 Å². The second-order valence-electron chi connectivity index (χ2n) is 5.22. The fourth-order valence-electron chi connectivity index (χ4n) is 2.13. The Labute approximate surface area is 150 Å². The van der Waals surface area contributed by atoms with Gasteiger partial charge in [0, 0.05) is 41.2 Å². The first kappa shape index (κ1) is 18.6. The lowest BCUT2D eigenvalue weighted by Crippen LogP contribution is -2.27. The minimum Gasteiger partial charge on any atom is -0.497 e. The van der Waals surface area contributed by atoms with Crippen molar-refractivity contribution in [2.24, 2.45) is 0 Å². The molecule has 0 saturated heterocycles. The lowest BCUT2D eigenvalue weighted by molar-refractivity contribution is -0.129. The molecule has 0 aliphatic heterocycles. The summed E-state index contributed by atoms with van der Waals surface area (Å²) in [6.07, 6.45) is 0.374. The zero-order valence-corrected chi connectivity index (χ0v) is 15.2. The van der Waals surface area contributed by atoms with Crippen molar-refractivity contribution < 1.29 is 13.9 Å². The van der Waals surface area contributed by atoms with Gasteiger partial charge in [0.15, 0.2) is 0 Å². The highest BCUT2D eigenvalue weighted by Gasteiger charge is 2.14. The maximum absolute atomic E-state index is 13.8. The summed E-state index contributed by atoms with van der Waals surface area (Å²) in [6.45, 7) is 0.164. The number of ether oxygens (including phenoxy) is 1. The SMILES string of the molecule is COc1ccc(SCCC(=O)N(C)Cc2c(F)cccc2Cl)cc1. The Morgan fingerprint density at radius 1 is 1.25 bits per heavy atom. The van der Waals surface area contributed by atoms with Gasteiger partial charge in [-0.3, -0.25) is 4.79 Å². The first-order valence-electron chi connectivity index (χ1n) is 7.45. The Bertz CT molecular complexity index is 674. The van der Waals surface area contributed by atoms with Crippen LogP contribution in [0, 0.1) is 5.82 Å². The highest BCUT2D eigenvalue weighted by atomic mass is 35.5. The number of hydrogen-bond acceptors (Lipinski definition) is 3. The van der Waals surface area contributed by atoms with Crippen LogP contribution in [0.3, 0.4) is 0 Å². The molecule has 0 aliphatic rings. The van der Waals surface area contributed by atoms with Crippen LogP contribution in [0.15, 0.2) is 47.4 Å². The normalized spacial score (nSPS) is 10.5. The third-order valence-electron chi connectivity index (χ3n) is 3.53. The van der Waals surface area contributed by atoms with Gasteiger partial charge in [-0.2, -0.15) is 0 Å². The lowest BCUT2D eigenvalue weighted by Gasteiger charge is -2.18. The number of carbonyl (C=O) groups excluding carboxylic acids is 1. The Hall–Kier alpha value is -1.72. The van der Waals surface area contributed by atoms with Gasteiger partial charge in [-0.25, -0.2) is 4.39 Å². The van der Waals surface area contributed by atoms with Crippen molar-refractivity contribution in [1.82, 2.24) is 4.90 Å². The minimum absolute atomic E-state index is 0.0460. The van der Waals surface area contributed by atoms with Crippen molar-refractivity contribution >= 4 is 29.3 Å². The van der Waals surface area contributed by atoms with Crippen molar-refractivity contribution in [2.45, 2.75) is 17.9 Å². The fraction of sp³-hybridized carbons (Fsp3) is 0.278. The van der Waals surface area contributed by atoms with Crippen molar-refractivity contribution in [3.05, 3.63) is 58.9 Å². The summed E-state index contributed by atoms with van der Waals surface area (Å²) in [5.41, 5.74) is 0.345. The number of nitrogens with zero attached hydrogens (tertiary/aromatic N) is 1. The molecule has 2 rings (SSSR count). The Morgan fingerprint density at radius 3 is 2.58 bits per heavy atom. The Kier molecular flexibility index (Phi) is 6.94. The van der Waals surface area contributed by atoms with E-state index < -0.39 is 5.82 Å². The molecule has 0 aromatic heterocycles. The molecule has 0 heterocycles. The molecule has 0 aliphatic carbocycles. The molecule has 0 spiro atoms. The monoisotopic (exact) mass is 367 g/mol. The average molecular weight is 368 g/mol. The maximum atomic E-state index is 13.8. The molecule has 0 fully saturated rings. The first-order valence-corrected chi connectivity index (χ1v) is 8.81. The number of benzene rings is 2. The molecule has 0 atom stereocenters. The van der Waals surface area contributed by atoms with E-state index in [1.165, 1.54) is 11.0 Å². The molecule has 0 unspecified atom stereocenters. The molecule has 0 radical (unpaired) electrons. The van der Waals surface area contributed by atoms with Crippen LogP contribution in [0.1, 0.15) is 12.0 Å². The van der Waals surface area contributed by atoms with Crippen LogP contribution >= 0.6 is 23.4 Å². The van der Waals surface area contributed by atoms with Gasteiger partial charge in [0.1, 0.15) is 11.6 Å². The molecule has 0 saturated carbocycles. The van der Waals surface area contributed by atoms with Gasteiger partial charge < -0.3 is 9.64 Å². The summed E-state index contributed by atoms with van der Waals surface area (Å²) >= 11 is 7.59. The highest BCUT2D eigenvalue weighted by Crippen LogP contribution is 2.23. The summed E-state index contributed by atoms with van der Waals surface area (Å²) in [4.78, 5) is 14.8. The molecule has 0 N–H and O–H groups in total. The van der Waals surface area contributed by atoms with E-state index in [0.717, 1.165) is 10.6 Å². The van der Waals surface area contributed by atoms with E-state index in [1.54, 1.807) is 38.1 Å². The van der Waals surface area contributed by atoms with Crippen LogP contribution in [0.4, 0.5) is 4.39 Å². The molecule has 3 nitrogen and oxygen atoms in total. The minimum atomic E-state index is -0.394. The van der Waals surface area contributed by atoms with Gasteiger partial charge in [-0.05, 0) is 36.4 Å². The third kappa shape index (κ3) is 5.14. The molecular formula is C18H19ClFNO2S. The van der Waals surface area contributed by atoms with Gasteiger partial charge >= 0.3 is 0 Å². The number of hydrogen-bond donors (Lipinski definition) is 0. The summed E-state index contributed by atoms with van der Waals surface area (Å²) < 4.78 is 18.9. The first-order chi connectivity index (χ1) is 11.5. The summed E-state index contributed by atoms with van der Waals surface area (Å²) in [5.74, 6) is 1.02. The van der Waals surface area contributed by atoms with Gasteiger partial charge in [0.2, 0.25) is 5.91 Å². The molecule has 24 heavy (non-hydrogen) atoms. The Morgan fingerprint density at radius 2 is 1.96 bits per heavy atom. The van der Waals surface area contributed by atoms with E-state index in [2.05, 4.69) is 0 Å². The Balaban J connectivity index is 1.83. The molecular weight excluding hydrogens is 349 g/mol. The maximum Gasteiger partial charge on any atom is 0.223 e. The van der Waals surface area contributed by atoms with E-state index in [0.29, 0.717) is 22.8 Å². The van der Waals surface area contributed by atoms with Crippen LogP contribution < -0.4 is 4.74 Å². The zero-order chi connectivity index (χ0) is 17.5. The molecule has 0 bridgehead atoms. The van der Waals surface area contributed by atoms with Gasteiger partial charge in [-0.1, -0.05) is 17.7 Å². The molecule has 1 amide bonds. The van der Waals surface area contributed by atoms with Crippen LogP contribution in [-0.4, -0.2) is 30.7 Å². The lowest BCUT2D eigenvalue weighted by atomic mass is 10.2. The number of rotatable bonds is 7. The van der Waals surface area contributed by atoms with Crippen LogP contribution in [0.2, 0.25) is 5.02 Å². The van der Waals surface area contributed by atoms with Crippen molar-refractivity contribution in [2.75, 3.05) is 19.9 Å². The van der Waals surface area contributed by atoms with E-state index in [1.807, 2.05) is 24.3 Å². The summed E-state index contributed by atoms with van der Waals surface area (Å²) in [7, 11) is 3.28. The largest absolute Gasteiger partial charge is 0.497 e. The number of carbonyl (C=O) groups is 1. The van der Waals surface area contributed by atoms with Crippen molar-refractivity contribution in [3.63, 3.8) is 0 Å². The van der Waals surface area contributed by atoms with Gasteiger partial charge in [0.25, 0.3) is 0 Å². The number of methoxy groups -OCH3 is 1. The van der Waals surface area contributed by atoms with Crippen LogP contribution in [-0.2, 0) is 11.3 Å². The smallest absolute Gasteiger partial charge is 0.223 e. The van der Waals surface area contributed by atoms with E-state index in [4.69, 9.17) is 16.3 Å². The standard InChI is InChI=1S/C18H19ClFNO2S/c1-21(12-15-16(19)4-3-5-17(15)20)18(22)10-11-24-14-8-6-13(23-2)7-9-14/h3-9H,10-12H2,1-2H3. The second kappa shape index (κ2) is 8.94. The van der Waals surface area contributed by atoms with Crippen molar-refractivity contribution in [3.8, 4) is 5.75 Å². The van der Waals surface area contributed by atoms with Crippen molar-refractivity contribution in [1.29, 1.82) is 0 Å².